The van der Waals surface area contributed by atoms with E-state index in [2.05, 4.69) is 15.6 Å². The van der Waals surface area contributed by atoms with Crippen LogP contribution in [0.1, 0.15) is 43.2 Å². The highest BCUT2D eigenvalue weighted by Gasteiger charge is 2.15. The second-order valence-electron chi connectivity index (χ2n) is 7.18. The predicted octanol–water partition coefficient (Wildman–Crippen LogP) is 3.25. The fourth-order valence-electron chi connectivity index (χ4n) is 3.14. The number of halogens is 2. The molecule has 1 fully saturated rings. The molecule has 1 aromatic rings. The summed E-state index contributed by atoms with van der Waals surface area (Å²) in [6, 6.07) is 5.29. The molecule has 0 spiro atoms. The third kappa shape index (κ3) is 8.45. The molecule has 27 heavy (non-hydrogen) atoms. The van der Waals surface area contributed by atoms with Gasteiger partial charge in [-0.1, -0.05) is 25.3 Å². The van der Waals surface area contributed by atoms with E-state index in [1.807, 2.05) is 13.0 Å². The number of hydrogen-bond donors (Lipinski definition) is 2. The van der Waals surface area contributed by atoms with Crippen LogP contribution in [0.15, 0.2) is 23.2 Å². The first-order valence-corrected chi connectivity index (χ1v) is 9.45. The lowest BCUT2D eigenvalue weighted by molar-refractivity contribution is -0.127. The minimum atomic E-state index is -0.206. The zero-order valence-corrected chi connectivity index (χ0v) is 18.9. The van der Waals surface area contributed by atoms with Gasteiger partial charge in [0.05, 0.1) is 0 Å². The highest BCUT2D eigenvalue weighted by molar-refractivity contribution is 14.0. The zero-order chi connectivity index (χ0) is 18.9. The Morgan fingerprint density at radius 3 is 2.59 bits per heavy atom. The summed E-state index contributed by atoms with van der Waals surface area (Å²) >= 11 is 0. The molecule has 1 aromatic carbocycles. The van der Waals surface area contributed by atoms with Gasteiger partial charge in [0.2, 0.25) is 5.91 Å². The Hall–Kier alpha value is -1.38. The molecule has 0 unspecified atom stereocenters. The van der Waals surface area contributed by atoms with Gasteiger partial charge in [-0.2, -0.15) is 0 Å². The number of nitrogens with one attached hydrogen (secondary N) is 2. The summed E-state index contributed by atoms with van der Waals surface area (Å²) < 4.78 is 13.2. The van der Waals surface area contributed by atoms with Gasteiger partial charge in [-0.3, -0.25) is 4.79 Å². The second-order valence-corrected chi connectivity index (χ2v) is 7.18. The van der Waals surface area contributed by atoms with Crippen LogP contribution in [-0.2, 0) is 11.2 Å². The van der Waals surface area contributed by atoms with E-state index in [1.165, 1.54) is 25.3 Å². The van der Waals surface area contributed by atoms with Crippen molar-refractivity contribution in [1.82, 2.24) is 15.5 Å². The van der Waals surface area contributed by atoms with Gasteiger partial charge in [-0.05, 0) is 49.4 Å². The van der Waals surface area contributed by atoms with Gasteiger partial charge in [0.15, 0.2) is 5.96 Å². The average molecular weight is 490 g/mol. The molecule has 1 amide bonds. The van der Waals surface area contributed by atoms with Gasteiger partial charge in [0.1, 0.15) is 12.4 Å². The number of guanidine groups is 1. The molecule has 5 nitrogen and oxygen atoms in total. The number of amides is 1. The number of benzene rings is 1. The highest BCUT2D eigenvalue weighted by Crippen LogP contribution is 2.17. The number of rotatable bonds is 6. The number of nitrogens with zero attached hydrogens (tertiary/aromatic N) is 2. The van der Waals surface area contributed by atoms with Crippen molar-refractivity contribution in [3.63, 3.8) is 0 Å². The van der Waals surface area contributed by atoms with Crippen LogP contribution in [0.25, 0.3) is 0 Å². The quantitative estimate of drug-likeness (QED) is 0.366. The van der Waals surface area contributed by atoms with Crippen molar-refractivity contribution in [3.8, 4) is 0 Å². The summed E-state index contributed by atoms with van der Waals surface area (Å²) in [7, 11) is 3.47. The number of hydrogen-bond acceptors (Lipinski definition) is 2. The molecule has 1 saturated carbocycles. The lowest BCUT2D eigenvalue weighted by Crippen LogP contribution is -2.45. The van der Waals surface area contributed by atoms with Gasteiger partial charge < -0.3 is 15.5 Å². The van der Waals surface area contributed by atoms with Crippen LogP contribution >= 0.6 is 24.0 Å². The van der Waals surface area contributed by atoms with Gasteiger partial charge in [0, 0.05) is 26.7 Å². The number of aliphatic imine (C=N–C) groups is 1. The standard InChI is InChI=1S/C20H31FN4O.HI/c1-15-13-17(21)10-9-16(15)11-12-22-20(23-14-19(26)25(2)3)24-18-7-5-4-6-8-18;/h9-10,13,18H,4-8,11-12,14H2,1-3H3,(H2,22,23,24);1H. The molecule has 0 atom stereocenters. The highest BCUT2D eigenvalue weighted by atomic mass is 127. The Kier molecular flexibility index (Phi) is 10.6. The van der Waals surface area contributed by atoms with Crippen molar-refractivity contribution in [1.29, 1.82) is 0 Å². The van der Waals surface area contributed by atoms with Crippen molar-refractivity contribution in [3.05, 3.63) is 35.1 Å². The monoisotopic (exact) mass is 490 g/mol. The van der Waals surface area contributed by atoms with Crippen LogP contribution in [-0.4, -0.2) is 50.0 Å². The van der Waals surface area contributed by atoms with Gasteiger partial charge in [-0.15, -0.1) is 24.0 Å². The largest absolute Gasteiger partial charge is 0.356 e. The van der Waals surface area contributed by atoms with Crippen molar-refractivity contribution in [2.24, 2.45) is 4.99 Å². The van der Waals surface area contributed by atoms with Crippen LogP contribution in [0.2, 0.25) is 0 Å². The number of carbonyl (C=O) groups excluding carboxylic acids is 1. The summed E-state index contributed by atoms with van der Waals surface area (Å²) in [5, 5.41) is 6.79. The molecule has 0 radical (unpaired) electrons. The Morgan fingerprint density at radius 1 is 1.26 bits per heavy atom. The minimum absolute atomic E-state index is 0. The molecule has 0 aliphatic heterocycles. The van der Waals surface area contributed by atoms with Crippen molar-refractivity contribution < 1.29 is 9.18 Å². The maximum Gasteiger partial charge on any atom is 0.243 e. The van der Waals surface area contributed by atoms with Crippen molar-refractivity contribution in [2.45, 2.75) is 51.5 Å². The van der Waals surface area contributed by atoms with E-state index in [0.717, 1.165) is 30.4 Å². The van der Waals surface area contributed by atoms with Gasteiger partial charge in [-0.25, -0.2) is 9.38 Å². The Balaban J connectivity index is 0.00000364. The topological polar surface area (TPSA) is 56.7 Å². The van der Waals surface area contributed by atoms with E-state index in [9.17, 15) is 9.18 Å². The van der Waals surface area contributed by atoms with Crippen molar-refractivity contribution in [2.75, 3.05) is 27.2 Å². The first-order valence-electron chi connectivity index (χ1n) is 9.45. The Morgan fingerprint density at radius 2 is 1.96 bits per heavy atom. The fraction of sp³-hybridized carbons (Fsp3) is 0.600. The van der Waals surface area contributed by atoms with E-state index in [-0.39, 0.29) is 42.2 Å². The molecular weight excluding hydrogens is 458 g/mol. The molecule has 2 rings (SSSR count). The zero-order valence-electron chi connectivity index (χ0n) is 16.6. The van der Waals surface area contributed by atoms with Crippen molar-refractivity contribution >= 4 is 35.8 Å². The minimum Gasteiger partial charge on any atom is -0.356 e. The molecule has 0 aromatic heterocycles. The molecule has 152 valence electrons. The molecule has 1 aliphatic carbocycles. The molecular formula is C20H32FIN4O. The van der Waals surface area contributed by atoms with Crippen LogP contribution in [0.3, 0.4) is 0 Å². The summed E-state index contributed by atoms with van der Waals surface area (Å²) in [6.07, 6.45) is 6.81. The third-order valence-electron chi connectivity index (χ3n) is 4.81. The number of aryl methyl sites for hydroxylation is 1. The molecule has 0 bridgehead atoms. The van der Waals surface area contributed by atoms with Gasteiger partial charge >= 0.3 is 0 Å². The molecule has 0 heterocycles. The Labute approximate surface area is 179 Å². The number of carbonyl (C=O) groups is 1. The fourth-order valence-corrected chi connectivity index (χ4v) is 3.14. The molecule has 0 saturated heterocycles. The van der Waals surface area contributed by atoms with E-state index in [0.29, 0.717) is 18.5 Å². The predicted molar refractivity (Wildman–Crippen MR) is 119 cm³/mol. The van der Waals surface area contributed by atoms with Crippen LogP contribution in [0.5, 0.6) is 0 Å². The summed E-state index contributed by atoms with van der Waals surface area (Å²) in [5.74, 6) is 0.457. The normalized spacial score (nSPS) is 15.0. The number of likely N-dealkylation sites (N-methyl/N-ethyl adjacent to an activating group) is 1. The summed E-state index contributed by atoms with van der Waals surface area (Å²) in [5.41, 5.74) is 2.06. The van der Waals surface area contributed by atoms with E-state index >= 15 is 0 Å². The molecule has 1 aliphatic rings. The third-order valence-corrected chi connectivity index (χ3v) is 4.81. The summed E-state index contributed by atoms with van der Waals surface area (Å²) in [6.45, 7) is 2.73. The average Bonchev–Trinajstić information content (AvgIpc) is 2.61. The second kappa shape index (κ2) is 12.2. The van der Waals surface area contributed by atoms with Crippen LogP contribution in [0, 0.1) is 12.7 Å². The van der Waals surface area contributed by atoms with E-state index in [4.69, 9.17) is 0 Å². The molecule has 2 N–H and O–H groups in total. The first-order chi connectivity index (χ1) is 12.5. The molecule has 7 heteroatoms. The smallest absolute Gasteiger partial charge is 0.243 e. The SMILES string of the molecule is Cc1cc(F)ccc1CCNC(=NCC(=O)N(C)C)NC1CCCCC1.I. The maximum atomic E-state index is 13.2. The lowest BCUT2D eigenvalue weighted by Gasteiger charge is -2.25. The van der Waals surface area contributed by atoms with E-state index < -0.39 is 0 Å². The maximum absolute atomic E-state index is 13.2. The van der Waals surface area contributed by atoms with E-state index in [1.54, 1.807) is 25.1 Å². The first kappa shape index (κ1) is 23.7. The Bertz CT molecular complexity index is 630. The van der Waals surface area contributed by atoms with Crippen LogP contribution in [0.4, 0.5) is 4.39 Å². The lowest BCUT2D eigenvalue weighted by atomic mass is 9.96. The summed E-state index contributed by atoms with van der Waals surface area (Å²) in [4.78, 5) is 17.8. The van der Waals surface area contributed by atoms with Crippen LogP contribution < -0.4 is 10.6 Å². The van der Waals surface area contributed by atoms with Gasteiger partial charge in [0.25, 0.3) is 0 Å².